The number of aryl methyl sites for hydroxylation is 1. The van der Waals surface area contributed by atoms with E-state index in [9.17, 15) is 9.59 Å². The van der Waals surface area contributed by atoms with Crippen LogP contribution in [0.1, 0.15) is 31.4 Å². The van der Waals surface area contributed by atoms with Gasteiger partial charge in [-0.05, 0) is 38.0 Å². The number of amides is 3. The molecule has 3 amide bonds. The first-order valence-corrected chi connectivity index (χ1v) is 9.18. The van der Waals surface area contributed by atoms with Gasteiger partial charge >= 0.3 is 6.03 Å². The van der Waals surface area contributed by atoms with E-state index in [4.69, 9.17) is 27.9 Å². The molecule has 1 saturated carbocycles. The largest absolute Gasteiger partial charge is 0.480 e. The fourth-order valence-electron chi connectivity index (χ4n) is 3.02. The van der Waals surface area contributed by atoms with Gasteiger partial charge in [-0.1, -0.05) is 36.0 Å². The summed E-state index contributed by atoms with van der Waals surface area (Å²) in [6.07, 6.45) is 4.07. The minimum atomic E-state index is -0.563. The van der Waals surface area contributed by atoms with Crippen LogP contribution in [0.15, 0.2) is 18.2 Å². The van der Waals surface area contributed by atoms with Crippen LogP contribution in [0.25, 0.3) is 10.9 Å². The van der Waals surface area contributed by atoms with Crippen LogP contribution in [0.3, 0.4) is 0 Å². The Hall–Kier alpha value is -2.05. The van der Waals surface area contributed by atoms with E-state index < -0.39 is 11.9 Å². The minimum absolute atomic E-state index is 0.130. The summed E-state index contributed by atoms with van der Waals surface area (Å²) >= 11 is 12.4. The third kappa shape index (κ3) is 4.37. The van der Waals surface area contributed by atoms with Gasteiger partial charge in [-0.2, -0.15) is 0 Å². The summed E-state index contributed by atoms with van der Waals surface area (Å²) in [6.45, 7) is 1.47. The first-order valence-electron chi connectivity index (χ1n) is 8.42. The maximum absolute atomic E-state index is 12.0. The lowest BCUT2D eigenvalue weighted by molar-refractivity contribution is -0.121. The number of halogens is 2. The van der Waals surface area contributed by atoms with E-state index in [1.165, 1.54) is 0 Å². The van der Waals surface area contributed by atoms with Gasteiger partial charge in [0.2, 0.25) is 0 Å². The maximum Gasteiger partial charge on any atom is 0.321 e. The van der Waals surface area contributed by atoms with E-state index in [1.54, 1.807) is 6.07 Å². The molecule has 1 fully saturated rings. The van der Waals surface area contributed by atoms with Crippen LogP contribution < -0.4 is 15.4 Å². The van der Waals surface area contributed by atoms with Crippen molar-refractivity contribution >= 4 is 46.0 Å². The zero-order chi connectivity index (χ0) is 18.7. The van der Waals surface area contributed by atoms with Gasteiger partial charge in [-0.3, -0.25) is 10.1 Å². The van der Waals surface area contributed by atoms with Crippen molar-refractivity contribution in [3.05, 3.63) is 33.9 Å². The molecule has 2 N–H and O–H groups in total. The van der Waals surface area contributed by atoms with E-state index >= 15 is 0 Å². The second-order valence-electron chi connectivity index (χ2n) is 6.31. The van der Waals surface area contributed by atoms with Crippen LogP contribution in [0.2, 0.25) is 10.0 Å². The first kappa shape index (κ1) is 18.7. The van der Waals surface area contributed by atoms with Gasteiger partial charge < -0.3 is 10.1 Å². The molecule has 1 aromatic carbocycles. The van der Waals surface area contributed by atoms with Crippen molar-refractivity contribution in [2.75, 3.05) is 6.61 Å². The predicted molar refractivity (Wildman–Crippen MR) is 101 cm³/mol. The number of fused-ring (bicyclic) bond motifs is 1. The number of pyridine rings is 1. The number of hydrogen-bond donors (Lipinski definition) is 2. The Kier molecular flexibility index (Phi) is 5.84. The van der Waals surface area contributed by atoms with Crippen LogP contribution >= 0.6 is 23.2 Å². The Morgan fingerprint density at radius 1 is 1.23 bits per heavy atom. The smallest absolute Gasteiger partial charge is 0.321 e. The Balaban J connectivity index is 1.66. The van der Waals surface area contributed by atoms with Crippen molar-refractivity contribution in [1.82, 2.24) is 15.6 Å². The molecule has 3 rings (SSSR count). The normalized spacial score (nSPS) is 14.4. The fraction of sp³-hybridized carbons (Fsp3) is 0.389. The highest BCUT2D eigenvalue weighted by Gasteiger charge is 2.19. The van der Waals surface area contributed by atoms with Gasteiger partial charge in [0.05, 0.1) is 10.0 Å². The molecule has 138 valence electrons. The molecule has 0 aliphatic heterocycles. The van der Waals surface area contributed by atoms with Crippen LogP contribution in [0.4, 0.5) is 4.79 Å². The van der Waals surface area contributed by atoms with Gasteiger partial charge in [0.1, 0.15) is 5.52 Å². The van der Waals surface area contributed by atoms with Crippen molar-refractivity contribution in [3.63, 3.8) is 0 Å². The van der Waals surface area contributed by atoms with Crippen LogP contribution in [-0.4, -0.2) is 29.6 Å². The summed E-state index contributed by atoms with van der Waals surface area (Å²) in [7, 11) is 0. The number of ether oxygens (including phenoxy) is 1. The second-order valence-corrected chi connectivity index (χ2v) is 7.12. The standard InChI is InChI=1S/C18H19Cl2N3O3/c1-10-6-7-12-13(19)8-14(20)17(16(12)21-10)26-9-15(24)23-18(25)22-11-4-2-3-5-11/h6-8,11H,2-5,9H2,1H3,(H2,22,23,24,25). The van der Waals surface area contributed by atoms with Crippen molar-refractivity contribution in [3.8, 4) is 5.75 Å². The lowest BCUT2D eigenvalue weighted by Gasteiger charge is -2.14. The maximum atomic E-state index is 12.0. The lowest BCUT2D eigenvalue weighted by Crippen LogP contribution is -2.45. The minimum Gasteiger partial charge on any atom is -0.480 e. The van der Waals surface area contributed by atoms with Gasteiger partial charge in [0.15, 0.2) is 12.4 Å². The molecule has 2 aromatic rings. The molecule has 0 spiro atoms. The van der Waals surface area contributed by atoms with Gasteiger partial charge in [-0.25, -0.2) is 9.78 Å². The van der Waals surface area contributed by atoms with Crippen molar-refractivity contribution < 1.29 is 14.3 Å². The molecule has 0 bridgehead atoms. The SMILES string of the molecule is Cc1ccc2c(Cl)cc(Cl)c(OCC(=O)NC(=O)NC3CCCC3)c2n1. The van der Waals surface area contributed by atoms with E-state index in [0.717, 1.165) is 31.4 Å². The highest BCUT2D eigenvalue weighted by Crippen LogP contribution is 2.37. The quantitative estimate of drug-likeness (QED) is 0.819. The number of aromatic nitrogens is 1. The highest BCUT2D eigenvalue weighted by atomic mass is 35.5. The Bertz CT molecular complexity index is 851. The number of carbonyl (C=O) groups is 2. The fourth-order valence-corrected chi connectivity index (χ4v) is 3.59. The molecule has 0 atom stereocenters. The number of hydrogen-bond acceptors (Lipinski definition) is 4. The molecule has 0 saturated heterocycles. The van der Waals surface area contributed by atoms with E-state index in [-0.39, 0.29) is 23.4 Å². The van der Waals surface area contributed by atoms with Crippen LogP contribution in [0, 0.1) is 6.92 Å². The van der Waals surface area contributed by atoms with E-state index in [1.807, 2.05) is 19.1 Å². The highest BCUT2D eigenvalue weighted by molar-refractivity contribution is 6.39. The molecule has 0 unspecified atom stereocenters. The number of nitrogens with zero attached hydrogens (tertiary/aromatic N) is 1. The van der Waals surface area contributed by atoms with Gasteiger partial charge in [-0.15, -0.1) is 0 Å². The van der Waals surface area contributed by atoms with Crippen molar-refractivity contribution in [2.45, 2.75) is 38.6 Å². The number of nitrogens with one attached hydrogen (secondary N) is 2. The molecular weight excluding hydrogens is 377 g/mol. The zero-order valence-electron chi connectivity index (χ0n) is 14.3. The van der Waals surface area contributed by atoms with Crippen LogP contribution in [0.5, 0.6) is 5.75 Å². The molecule has 8 heteroatoms. The molecular formula is C18H19Cl2N3O3. The zero-order valence-corrected chi connectivity index (χ0v) is 15.8. The summed E-state index contributed by atoms with van der Waals surface area (Å²) in [5.74, 6) is -0.298. The lowest BCUT2D eigenvalue weighted by atomic mass is 10.2. The Morgan fingerprint density at radius 3 is 2.69 bits per heavy atom. The average molecular weight is 396 g/mol. The third-order valence-electron chi connectivity index (χ3n) is 4.27. The Labute approximate surface area is 161 Å². The summed E-state index contributed by atoms with van der Waals surface area (Å²) in [6, 6.07) is 4.81. The molecule has 1 aliphatic rings. The van der Waals surface area contributed by atoms with Gasteiger partial charge in [0, 0.05) is 17.1 Å². The summed E-state index contributed by atoms with van der Waals surface area (Å²) < 4.78 is 5.55. The Morgan fingerprint density at radius 2 is 1.96 bits per heavy atom. The molecule has 1 aromatic heterocycles. The molecule has 6 nitrogen and oxygen atoms in total. The van der Waals surface area contributed by atoms with E-state index in [0.29, 0.717) is 15.9 Å². The van der Waals surface area contributed by atoms with Gasteiger partial charge in [0.25, 0.3) is 5.91 Å². The third-order valence-corrected chi connectivity index (χ3v) is 4.86. The monoisotopic (exact) mass is 395 g/mol. The molecule has 26 heavy (non-hydrogen) atoms. The van der Waals surface area contributed by atoms with Crippen molar-refractivity contribution in [1.29, 1.82) is 0 Å². The summed E-state index contributed by atoms with van der Waals surface area (Å²) in [5.41, 5.74) is 1.24. The molecule has 0 radical (unpaired) electrons. The number of benzene rings is 1. The summed E-state index contributed by atoms with van der Waals surface area (Å²) in [5, 5.41) is 6.43. The number of imide groups is 1. The molecule has 1 heterocycles. The summed E-state index contributed by atoms with van der Waals surface area (Å²) in [4.78, 5) is 28.2. The predicted octanol–water partition coefficient (Wildman–Crippen LogP) is 4.00. The first-order chi connectivity index (χ1) is 12.4. The van der Waals surface area contributed by atoms with E-state index in [2.05, 4.69) is 15.6 Å². The average Bonchev–Trinajstić information content (AvgIpc) is 3.06. The number of urea groups is 1. The number of carbonyl (C=O) groups excluding carboxylic acids is 2. The van der Waals surface area contributed by atoms with Crippen molar-refractivity contribution in [2.24, 2.45) is 0 Å². The number of rotatable bonds is 4. The second kappa shape index (κ2) is 8.10. The molecule has 1 aliphatic carbocycles. The van der Waals surface area contributed by atoms with Crippen LogP contribution in [-0.2, 0) is 4.79 Å². The topological polar surface area (TPSA) is 80.3 Å².